The molecule has 0 unspecified atom stereocenters. The smallest absolute Gasteiger partial charge is 0.221 e. The molecule has 5 nitrogen and oxygen atoms in total. The number of carbonyl (C=O) groups is 1. The van der Waals surface area contributed by atoms with Crippen molar-refractivity contribution in [3.05, 3.63) is 34.9 Å². The number of nitrogens with one attached hydrogen (secondary N) is 1. The number of carbonyl (C=O) groups excluding carboxylic acids is 1. The fourth-order valence-corrected chi connectivity index (χ4v) is 3.33. The van der Waals surface area contributed by atoms with Crippen LogP contribution in [0.2, 0.25) is 5.02 Å². The Labute approximate surface area is 131 Å². The highest BCUT2D eigenvalue weighted by molar-refractivity contribution is 7.88. The van der Waals surface area contributed by atoms with Gasteiger partial charge in [-0.25, -0.2) is 8.42 Å². The van der Waals surface area contributed by atoms with Gasteiger partial charge in [0.05, 0.1) is 6.26 Å². The molecule has 0 aromatic heterocycles. The van der Waals surface area contributed by atoms with Crippen molar-refractivity contribution >= 4 is 27.5 Å². The van der Waals surface area contributed by atoms with Crippen LogP contribution in [-0.2, 0) is 21.4 Å². The SMILES string of the molecule is CC(C)N(CCC(=O)NCc1ccccc1Cl)S(C)(=O)=O. The lowest BCUT2D eigenvalue weighted by atomic mass is 10.2. The Balaban J connectivity index is 2.49. The molecule has 0 aliphatic rings. The number of amides is 1. The van der Waals surface area contributed by atoms with Gasteiger partial charge in [0.2, 0.25) is 15.9 Å². The zero-order chi connectivity index (χ0) is 16.0. The highest BCUT2D eigenvalue weighted by Crippen LogP contribution is 2.14. The Morgan fingerprint density at radius 1 is 1.33 bits per heavy atom. The molecule has 7 heteroatoms. The first-order valence-corrected chi connectivity index (χ1v) is 8.91. The van der Waals surface area contributed by atoms with E-state index in [1.165, 1.54) is 4.31 Å². The summed E-state index contributed by atoms with van der Waals surface area (Å²) < 4.78 is 24.5. The van der Waals surface area contributed by atoms with E-state index in [9.17, 15) is 13.2 Å². The summed E-state index contributed by atoms with van der Waals surface area (Å²) in [5.41, 5.74) is 0.830. The van der Waals surface area contributed by atoms with Gasteiger partial charge in [-0.05, 0) is 25.5 Å². The van der Waals surface area contributed by atoms with Gasteiger partial charge in [-0.15, -0.1) is 0 Å². The molecule has 1 N–H and O–H groups in total. The molecule has 0 saturated carbocycles. The number of hydrogen-bond acceptors (Lipinski definition) is 3. The summed E-state index contributed by atoms with van der Waals surface area (Å²) in [6.45, 7) is 4.06. The Morgan fingerprint density at radius 2 is 1.95 bits per heavy atom. The highest BCUT2D eigenvalue weighted by atomic mass is 35.5. The molecule has 0 aliphatic heterocycles. The van der Waals surface area contributed by atoms with Gasteiger partial charge in [0.1, 0.15) is 0 Å². The molecule has 1 amide bonds. The average Bonchev–Trinajstić information content (AvgIpc) is 2.36. The number of rotatable bonds is 7. The Morgan fingerprint density at radius 3 is 2.48 bits per heavy atom. The van der Waals surface area contributed by atoms with Crippen molar-refractivity contribution in [2.45, 2.75) is 32.9 Å². The Kier molecular flexibility index (Phi) is 6.64. The lowest BCUT2D eigenvalue weighted by molar-refractivity contribution is -0.121. The number of benzene rings is 1. The van der Waals surface area contributed by atoms with Gasteiger partial charge >= 0.3 is 0 Å². The van der Waals surface area contributed by atoms with Crippen LogP contribution in [0.25, 0.3) is 0 Å². The van der Waals surface area contributed by atoms with Crippen molar-refractivity contribution in [3.63, 3.8) is 0 Å². The summed E-state index contributed by atoms with van der Waals surface area (Å²) in [7, 11) is -3.30. The van der Waals surface area contributed by atoms with E-state index in [0.717, 1.165) is 11.8 Å². The van der Waals surface area contributed by atoms with Crippen molar-refractivity contribution in [1.82, 2.24) is 9.62 Å². The number of hydrogen-bond donors (Lipinski definition) is 1. The maximum atomic E-state index is 11.8. The van der Waals surface area contributed by atoms with Gasteiger partial charge in [-0.3, -0.25) is 4.79 Å². The zero-order valence-corrected chi connectivity index (χ0v) is 14.0. The van der Waals surface area contributed by atoms with Gasteiger partial charge in [0.25, 0.3) is 0 Å². The Hall–Kier alpha value is -1.11. The predicted molar refractivity (Wildman–Crippen MR) is 84.6 cm³/mol. The largest absolute Gasteiger partial charge is 0.352 e. The molecule has 0 saturated heterocycles. The van der Waals surface area contributed by atoms with Crippen LogP contribution in [0.3, 0.4) is 0 Å². The molecule has 1 aromatic rings. The second-order valence-corrected chi connectivity index (χ2v) is 7.43. The maximum Gasteiger partial charge on any atom is 0.221 e. The molecule has 0 spiro atoms. The quantitative estimate of drug-likeness (QED) is 0.830. The number of sulfonamides is 1. The third-order valence-corrected chi connectivity index (χ3v) is 4.82. The third-order valence-electron chi connectivity index (χ3n) is 3.00. The first-order chi connectivity index (χ1) is 9.71. The molecule has 0 heterocycles. The van der Waals surface area contributed by atoms with E-state index >= 15 is 0 Å². The van der Waals surface area contributed by atoms with E-state index in [-0.39, 0.29) is 24.9 Å². The minimum absolute atomic E-state index is 0.121. The second kappa shape index (κ2) is 7.77. The van der Waals surface area contributed by atoms with Crippen LogP contribution in [0.1, 0.15) is 25.8 Å². The molecule has 0 aliphatic carbocycles. The average molecular weight is 333 g/mol. The van der Waals surface area contributed by atoms with Gasteiger partial charge < -0.3 is 5.32 Å². The normalized spacial score (nSPS) is 11.9. The molecule has 1 rings (SSSR count). The fraction of sp³-hybridized carbons (Fsp3) is 0.500. The van der Waals surface area contributed by atoms with Crippen molar-refractivity contribution in [2.24, 2.45) is 0 Å². The topological polar surface area (TPSA) is 66.5 Å². The molecule has 0 fully saturated rings. The van der Waals surface area contributed by atoms with E-state index in [4.69, 9.17) is 11.6 Å². The molecular formula is C14H21ClN2O3S. The second-order valence-electron chi connectivity index (χ2n) is 5.09. The van der Waals surface area contributed by atoms with Crippen LogP contribution in [-0.4, -0.2) is 37.5 Å². The van der Waals surface area contributed by atoms with E-state index < -0.39 is 10.0 Å². The first kappa shape index (κ1) is 17.9. The summed E-state index contributed by atoms with van der Waals surface area (Å²) in [6, 6.07) is 7.08. The van der Waals surface area contributed by atoms with Gasteiger partial charge in [-0.2, -0.15) is 4.31 Å². The predicted octanol–water partition coefficient (Wildman–Crippen LogP) is 2.02. The van der Waals surface area contributed by atoms with E-state index in [0.29, 0.717) is 11.6 Å². The van der Waals surface area contributed by atoms with Crippen LogP contribution in [0.4, 0.5) is 0 Å². The highest BCUT2D eigenvalue weighted by Gasteiger charge is 2.20. The van der Waals surface area contributed by atoms with Gasteiger partial charge in [0, 0.05) is 30.6 Å². The van der Waals surface area contributed by atoms with Crippen molar-refractivity contribution in [1.29, 1.82) is 0 Å². The van der Waals surface area contributed by atoms with Crippen LogP contribution >= 0.6 is 11.6 Å². The van der Waals surface area contributed by atoms with Crippen molar-refractivity contribution in [2.75, 3.05) is 12.8 Å². The molecule has 0 atom stereocenters. The summed E-state index contributed by atoms with van der Waals surface area (Å²) in [5.74, 6) is -0.204. The molecule has 21 heavy (non-hydrogen) atoms. The molecule has 1 aromatic carbocycles. The van der Waals surface area contributed by atoms with Crippen LogP contribution in [0.5, 0.6) is 0 Å². The number of nitrogens with zero attached hydrogens (tertiary/aromatic N) is 1. The van der Waals surface area contributed by atoms with E-state index in [2.05, 4.69) is 5.32 Å². The molecular weight excluding hydrogens is 312 g/mol. The summed E-state index contributed by atoms with van der Waals surface area (Å²) in [6.07, 6.45) is 1.27. The van der Waals surface area contributed by atoms with Crippen LogP contribution in [0.15, 0.2) is 24.3 Å². The van der Waals surface area contributed by atoms with Crippen LogP contribution in [0, 0.1) is 0 Å². The third kappa shape index (κ3) is 6.03. The lowest BCUT2D eigenvalue weighted by Gasteiger charge is -2.23. The van der Waals surface area contributed by atoms with E-state index in [1.54, 1.807) is 19.9 Å². The van der Waals surface area contributed by atoms with Crippen LogP contribution < -0.4 is 5.32 Å². The maximum absolute atomic E-state index is 11.8. The molecule has 0 radical (unpaired) electrons. The Bertz CT molecular complexity index is 588. The van der Waals surface area contributed by atoms with Crippen molar-refractivity contribution < 1.29 is 13.2 Å². The minimum Gasteiger partial charge on any atom is -0.352 e. The van der Waals surface area contributed by atoms with Crippen molar-refractivity contribution in [3.8, 4) is 0 Å². The zero-order valence-electron chi connectivity index (χ0n) is 12.5. The lowest BCUT2D eigenvalue weighted by Crippen LogP contribution is -2.39. The summed E-state index contributed by atoms with van der Waals surface area (Å²) in [5, 5.41) is 3.34. The van der Waals surface area contributed by atoms with E-state index in [1.807, 2.05) is 18.2 Å². The number of halogens is 1. The molecule has 118 valence electrons. The molecule has 0 bridgehead atoms. The van der Waals surface area contributed by atoms with Gasteiger partial charge in [0.15, 0.2) is 0 Å². The summed E-state index contributed by atoms with van der Waals surface area (Å²) in [4.78, 5) is 11.8. The summed E-state index contributed by atoms with van der Waals surface area (Å²) >= 11 is 6.00. The fourth-order valence-electron chi connectivity index (χ4n) is 1.94. The monoisotopic (exact) mass is 332 g/mol. The first-order valence-electron chi connectivity index (χ1n) is 6.68. The minimum atomic E-state index is -3.30. The standard InChI is InChI=1S/C14H21ClN2O3S/c1-11(2)17(21(3,19)20)9-8-14(18)16-10-12-6-4-5-7-13(12)15/h4-7,11H,8-10H2,1-3H3,(H,16,18). The van der Waals surface area contributed by atoms with Gasteiger partial charge in [-0.1, -0.05) is 29.8 Å².